The van der Waals surface area contributed by atoms with Crippen LogP contribution < -0.4 is 10.5 Å². The summed E-state index contributed by atoms with van der Waals surface area (Å²) in [6, 6.07) is 4.26. The fourth-order valence-electron chi connectivity index (χ4n) is 1.95. The molecular weight excluding hydrogens is 254 g/mol. The molecule has 0 spiro atoms. The summed E-state index contributed by atoms with van der Waals surface area (Å²) in [5.74, 6) is 0.976. The first-order valence-corrected chi connectivity index (χ1v) is 5.95. The van der Waals surface area contributed by atoms with Crippen LogP contribution in [0.3, 0.4) is 0 Å². The molecule has 1 heterocycles. The molecule has 1 aliphatic heterocycles. The second-order valence-electron chi connectivity index (χ2n) is 4.82. The third-order valence-corrected chi connectivity index (χ3v) is 3.25. The predicted octanol–water partition coefficient (Wildman–Crippen LogP) is 3.18. The molecule has 0 amide bonds. The molecule has 0 aromatic heterocycles. The lowest BCUT2D eigenvalue weighted by atomic mass is 9.98. The van der Waals surface area contributed by atoms with Gasteiger partial charge in [-0.15, -0.1) is 0 Å². The maximum absolute atomic E-state index is 5.88. The molecule has 0 bridgehead atoms. The summed E-state index contributed by atoms with van der Waals surface area (Å²) >= 11 is 3.54. The summed E-state index contributed by atoms with van der Waals surface area (Å²) in [5.41, 5.74) is 8.19. The summed E-state index contributed by atoms with van der Waals surface area (Å²) < 4.78 is 6.88. The average molecular weight is 270 g/mol. The van der Waals surface area contributed by atoms with Crippen molar-refractivity contribution < 1.29 is 4.74 Å². The van der Waals surface area contributed by atoms with Crippen molar-refractivity contribution in [1.82, 2.24) is 0 Å². The first kappa shape index (κ1) is 11.0. The minimum atomic E-state index is -0.0959. The SMILES string of the molecule is CC(N)c1cc(Br)c2c(c1)CC(C)(C)O2. The number of benzene rings is 1. The van der Waals surface area contributed by atoms with Gasteiger partial charge in [-0.3, -0.25) is 0 Å². The molecule has 2 N–H and O–H groups in total. The molecule has 0 saturated carbocycles. The van der Waals surface area contributed by atoms with Gasteiger partial charge in [0.1, 0.15) is 11.4 Å². The summed E-state index contributed by atoms with van der Waals surface area (Å²) in [7, 11) is 0. The van der Waals surface area contributed by atoms with Crippen molar-refractivity contribution in [2.45, 2.75) is 38.8 Å². The molecule has 3 heteroatoms. The maximum Gasteiger partial charge on any atom is 0.137 e. The highest BCUT2D eigenvalue weighted by Crippen LogP contribution is 2.41. The number of halogens is 1. The zero-order valence-electron chi connectivity index (χ0n) is 9.30. The Labute approximate surface area is 98.9 Å². The first-order valence-electron chi connectivity index (χ1n) is 5.16. The Morgan fingerprint density at radius 3 is 2.73 bits per heavy atom. The minimum absolute atomic E-state index is 0.0651. The molecule has 1 aromatic carbocycles. The minimum Gasteiger partial charge on any atom is -0.486 e. The van der Waals surface area contributed by atoms with Crippen LogP contribution in [0.1, 0.15) is 37.9 Å². The van der Waals surface area contributed by atoms with Crippen molar-refractivity contribution in [2.75, 3.05) is 0 Å². The molecule has 0 saturated heterocycles. The van der Waals surface area contributed by atoms with Gasteiger partial charge in [0.15, 0.2) is 0 Å². The normalized spacial score (nSPS) is 19.5. The fraction of sp³-hybridized carbons (Fsp3) is 0.500. The number of nitrogens with two attached hydrogens (primary N) is 1. The number of fused-ring (bicyclic) bond motifs is 1. The summed E-state index contributed by atoms with van der Waals surface area (Å²) in [5, 5.41) is 0. The molecule has 1 unspecified atom stereocenters. The van der Waals surface area contributed by atoms with E-state index in [1.54, 1.807) is 0 Å². The summed E-state index contributed by atoms with van der Waals surface area (Å²) in [6.45, 7) is 6.20. The lowest BCUT2D eigenvalue weighted by Crippen LogP contribution is -2.24. The van der Waals surface area contributed by atoms with Crippen molar-refractivity contribution in [3.8, 4) is 5.75 Å². The van der Waals surface area contributed by atoms with Crippen molar-refractivity contribution in [3.63, 3.8) is 0 Å². The first-order chi connectivity index (χ1) is 6.89. The molecule has 0 aliphatic carbocycles. The largest absolute Gasteiger partial charge is 0.486 e. The highest BCUT2D eigenvalue weighted by atomic mass is 79.9. The summed E-state index contributed by atoms with van der Waals surface area (Å²) in [4.78, 5) is 0. The Kier molecular flexibility index (Phi) is 2.55. The summed E-state index contributed by atoms with van der Waals surface area (Å²) in [6.07, 6.45) is 0.946. The van der Waals surface area contributed by atoms with Crippen molar-refractivity contribution in [2.24, 2.45) is 5.73 Å². The van der Waals surface area contributed by atoms with E-state index in [1.165, 1.54) is 5.56 Å². The standard InChI is InChI=1S/C12H16BrNO/c1-7(14)8-4-9-6-12(2,3)15-11(9)10(13)5-8/h4-5,7H,6,14H2,1-3H3. The predicted molar refractivity (Wildman–Crippen MR) is 65.2 cm³/mol. The van der Waals surface area contributed by atoms with E-state index in [9.17, 15) is 0 Å². The zero-order chi connectivity index (χ0) is 11.2. The Bertz CT molecular complexity index is 399. The molecule has 1 atom stereocenters. The second kappa shape index (κ2) is 3.49. The Hall–Kier alpha value is -0.540. The van der Waals surface area contributed by atoms with Gasteiger partial charge in [0.05, 0.1) is 4.47 Å². The van der Waals surface area contributed by atoms with Crippen LogP contribution in [0.5, 0.6) is 5.75 Å². The van der Waals surface area contributed by atoms with E-state index in [4.69, 9.17) is 10.5 Å². The van der Waals surface area contributed by atoms with Crippen molar-refractivity contribution >= 4 is 15.9 Å². The van der Waals surface area contributed by atoms with Gasteiger partial charge < -0.3 is 10.5 Å². The van der Waals surface area contributed by atoms with Crippen molar-refractivity contribution in [3.05, 3.63) is 27.7 Å². The van der Waals surface area contributed by atoms with Crippen LogP contribution in [-0.2, 0) is 6.42 Å². The Morgan fingerprint density at radius 1 is 1.47 bits per heavy atom. The third-order valence-electron chi connectivity index (χ3n) is 2.66. The van der Waals surface area contributed by atoms with Gasteiger partial charge in [-0.1, -0.05) is 6.07 Å². The van der Waals surface area contributed by atoms with Crippen LogP contribution in [0.4, 0.5) is 0 Å². The zero-order valence-corrected chi connectivity index (χ0v) is 10.9. The van der Waals surface area contributed by atoms with E-state index in [2.05, 4.69) is 35.8 Å². The molecule has 2 nitrogen and oxygen atoms in total. The number of rotatable bonds is 1. The number of ether oxygens (including phenoxy) is 1. The van der Waals surface area contributed by atoms with Crippen LogP contribution in [0.2, 0.25) is 0 Å². The molecule has 1 aliphatic rings. The van der Waals surface area contributed by atoms with Gasteiger partial charge in [0.2, 0.25) is 0 Å². The number of hydrogen-bond acceptors (Lipinski definition) is 2. The molecular formula is C12H16BrNO. The van der Waals surface area contributed by atoms with Crippen LogP contribution in [-0.4, -0.2) is 5.60 Å². The third kappa shape index (κ3) is 2.04. The second-order valence-corrected chi connectivity index (χ2v) is 5.67. The molecule has 0 fully saturated rings. The van der Waals surface area contributed by atoms with Gasteiger partial charge in [0.25, 0.3) is 0 Å². The van der Waals surface area contributed by atoms with Gasteiger partial charge >= 0.3 is 0 Å². The molecule has 15 heavy (non-hydrogen) atoms. The van der Waals surface area contributed by atoms with Crippen LogP contribution in [0.25, 0.3) is 0 Å². The molecule has 1 aromatic rings. The van der Waals surface area contributed by atoms with Gasteiger partial charge in [0, 0.05) is 12.5 Å². The van der Waals surface area contributed by atoms with E-state index in [0.717, 1.165) is 22.2 Å². The lowest BCUT2D eigenvalue weighted by Gasteiger charge is -2.17. The van der Waals surface area contributed by atoms with Crippen molar-refractivity contribution in [1.29, 1.82) is 0 Å². The highest BCUT2D eigenvalue weighted by molar-refractivity contribution is 9.10. The Morgan fingerprint density at radius 2 is 2.13 bits per heavy atom. The number of hydrogen-bond donors (Lipinski definition) is 1. The molecule has 82 valence electrons. The maximum atomic E-state index is 5.88. The van der Waals surface area contributed by atoms with E-state index in [1.807, 2.05) is 13.0 Å². The average Bonchev–Trinajstić information content (AvgIpc) is 2.39. The molecule has 0 radical (unpaired) electrons. The highest BCUT2D eigenvalue weighted by Gasteiger charge is 2.31. The quantitative estimate of drug-likeness (QED) is 0.850. The van der Waals surface area contributed by atoms with E-state index < -0.39 is 0 Å². The van der Waals surface area contributed by atoms with E-state index in [0.29, 0.717) is 0 Å². The Balaban J connectivity index is 2.47. The van der Waals surface area contributed by atoms with Crippen LogP contribution >= 0.6 is 15.9 Å². The monoisotopic (exact) mass is 269 g/mol. The van der Waals surface area contributed by atoms with Gasteiger partial charge in [-0.05, 0) is 53.9 Å². The van der Waals surface area contributed by atoms with E-state index in [-0.39, 0.29) is 11.6 Å². The van der Waals surface area contributed by atoms with Gasteiger partial charge in [-0.25, -0.2) is 0 Å². The smallest absolute Gasteiger partial charge is 0.137 e. The van der Waals surface area contributed by atoms with E-state index >= 15 is 0 Å². The van der Waals surface area contributed by atoms with Gasteiger partial charge in [-0.2, -0.15) is 0 Å². The fourth-order valence-corrected chi connectivity index (χ4v) is 2.55. The van der Waals surface area contributed by atoms with Crippen LogP contribution in [0.15, 0.2) is 16.6 Å². The topological polar surface area (TPSA) is 35.2 Å². The lowest BCUT2D eigenvalue weighted by molar-refractivity contribution is 0.137. The molecule has 2 rings (SSSR count). The van der Waals surface area contributed by atoms with Crippen LogP contribution in [0, 0.1) is 0 Å².